The van der Waals surface area contributed by atoms with Crippen LogP contribution in [0, 0.1) is 5.92 Å². The predicted molar refractivity (Wildman–Crippen MR) is 55.7 cm³/mol. The lowest BCUT2D eigenvalue weighted by molar-refractivity contribution is 0.214. The molecule has 0 bridgehead atoms. The lowest BCUT2D eigenvalue weighted by Crippen LogP contribution is -2.40. The maximum absolute atomic E-state index is 8.90. The Morgan fingerprint density at radius 3 is 2.38 bits per heavy atom. The lowest BCUT2D eigenvalue weighted by atomic mass is 9.84. The summed E-state index contributed by atoms with van der Waals surface area (Å²) < 4.78 is 0. The molecule has 0 aromatic heterocycles. The van der Waals surface area contributed by atoms with Gasteiger partial charge >= 0.3 is 0 Å². The van der Waals surface area contributed by atoms with Crippen LogP contribution in [0.5, 0.6) is 0 Å². The molecule has 1 aliphatic carbocycles. The van der Waals surface area contributed by atoms with Gasteiger partial charge in [0, 0.05) is 12.1 Å². The average molecular weight is 185 g/mol. The molecule has 0 aromatic rings. The Morgan fingerprint density at radius 2 is 1.92 bits per heavy atom. The van der Waals surface area contributed by atoms with E-state index in [0.717, 1.165) is 5.92 Å². The first-order valence-corrected chi connectivity index (χ1v) is 5.63. The molecule has 1 rings (SSSR count). The highest BCUT2D eigenvalue weighted by atomic mass is 16.3. The highest BCUT2D eigenvalue weighted by Gasteiger charge is 2.20. The zero-order chi connectivity index (χ0) is 9.68. The Bertz CT molecular complexity index is 130. The topological polar surface area (TPSA) is 32.3 Å². The van der Waals surface area contributed by atoms with Gasteiger partial charge < -0.3 is 10.4 Å². The number of rotatable bonds is 4. The van der Waals surface area contributed by atoms with Gasteiger partial charge in [-0.05, 0) is 38.5 Å². The summed E-state index contributed by atoms with van der Waals surface area (Å²) in [4.78, 5) is 0. The summed E-state index contributed by atoms with van der Waals surface area (Å²) in [5.74, 6) is 0.961. The molecule has 78 valence electrons. The van der Waals surface area contributed by atoms with E-state index >= 15 is 0 Å². The van der Waals surface area contributed by atoms with Crippen molar-refractivity contribution in [3.05, 3.63) is 0 Å². The fourth-order valence-electron chi connectivity index (χ4n) is 2.19. The molecule has 1 saturated carbocycles. The van der Waals surface area contributed by atoms with Gasteiger partial charge in [-0.15, -0.1) is 0 Å². The van der Waals surface area contributed by atoms with Crippen molar-refractivity contribution < 1.29 is 5.11 Å². The van der Waals surface area contributed by atoms with Crippen LogP contribution in [0.2, 0.25) is 0 Å². The molecule has 0 heterocycles. The first-order chi connectivity index (χ1) is 6.26. The van der Waals surface area contributed by atoms with Crippen molar-refractivity contribution in [1.29, 1.82) is 0 Å². The standard InChI is InChI=1S/C11H23NO/c1-3-10-4-6-11(7-5-10)12-9(2)8-13/h9-13H,3-8H2,1-2H3. The zero-order valence-corrected chi connectivity index (χ0v) is 8.92. The minimum Gasteiger partial charge on any atom is -0.395 e. The molecule has 2 N–H and O–H groups in total. The fraction of sp³-hybridized carbons (Fsp3) is 1.00. The number of hydrogen-bond donors (Lipinski definition) is 2. The van der Waals surface area contributed by atoms with Crippen LogP contribution < -0.4 is 5.32 Å². The van der Waals surface area contributed by atoms with Crippen LogP contribution in [0.25, 0.3) is 0 Å². The lowest BCUT2D eigenvalue weighted by Gasteiger charge is -2.30. The number of aliphatic hydroxyl groups is 1. The fourth-order valence-corrected chi connectivity index (χ4v) is 2.19. The molecule has 1 unspecified atom stereocenters. The number of nitrogens with one attached hydrogen (secondary N) is 1. The first kappa shape index (κ1) is 11.0. The van der Waals surface area contributed by atoms with Crippen molar-refractivity contribution in [2.45, 2.75) is 58.0 Å². The van der Waals surface area contributed by atoms with Crippen molar-refractivity contribution in [2.75, 3.05) is 6.61 Å². The number of hydrogen-bond acceptors (Lipinski definition) is 2. The van der Waals surface area contributed by atoms with Gasteiger partial charge in [0.1, 0.15) is 0 Å². The molecule has 1 atom stereocenters. The molecular weight excluding hydrogens is 162 g/mol. The third-order valence-electron chi connectivity index (χ3n) is 3.22. The van der Waals surface area contributed by atoms with E-state index in [-0.39, 0.29) is 12.6 Å². The van der Waals surface area contributed by atoms with Crippen LogP contribution in [0.1, 0.15) is 46.0 Å². The Hall–Kier alpha value is -0.0800. The van der Waals surface area contributed by atoms with Gasteiger partial charge in [-0.1, -0.05) is 13.3 Å². The van der Waals surface area contributed by atoms with Gasteiger partial charge in [0.2, 0.25) is 0 Å². The summed E-state index contributed by atoms with van der Waals surface area (Å²) in [7, 11) is 0. The molecule has 0 saturated heterocycles. The zero-order valence-electron chi connectivity index (χ0n) is 8.92. The van der Waals surface area contributed by atoms with E-state index in [1.807, 2.05) is 6.92 Å². The second kappa shape index (κ2) is 5.61. The highest BCUT2D eigenvalue weighted by Crippen LogP contribution is 2.26. The largest absolute Gasteiger partial charge is 0.395 e. The van der Waals surface area contributed by atoms with E-state index in [4.69, 9.17) is 5.11 Å². The summed E-state index contributed by atoms with van der Waals surface area (Å²) in [6, 6.07) is 0.924. The minimum absolute atomic E-state index is 0.258. The third kappa shape index (κ3) is 3.65. The molecule has 0 radical (unpaired) electrons. The number of aliphatic hydroxyl groups excluding tert-OH is 1. The maximum atomic E-state index is 8.90. The SMILES string of the molecule is CCC1CCC(NC(C)CO)CC1. The van der Waals surface area contributed by atoms with E-state index in [2.05, 4.69) is 12.2 Å². The molecule has 0 amide bonds. The van der Waals surface area contributed by atoms with Crippen LogP contribution >= 0.6 is 0 Å². The van der Waals surface area contributed by atoms with Crippen LogP contribution in [0.3, 0.4) is 0 Å². The van der Waals surface area contributed by atoms with E-state index < -0.39 is 0 Å². The van der Waals surface area contributed by atoms with Crippen LogP contribution in [-0.4, -0.2) is 23.8 Å². The first-order valence-electron chi connectivity index (χ1n) is 5.63. The van der Waals surface area contributed by atoms with Crippen molar-refractivity contribution in [3.63, 3.8) is 0 Å². The molecule has 1 aliphatic rings. The smallest absolute Gasteiger partial charge is 0.0582 e. The van der Waals surface area contributed by atoms with Gasteiger partial charge in [0.15, 0.2) is 0 Å². The predicted octanol–water partition coefficient (Wildman–Crippen LogP) is 1.93. The quantitative estimate of drug-likeness (QED) is 0.701. The maximum Gasteiger partial charge on any atom is 0.0582 e. The van der Waals surface area contributed by atoms with E-state index in [9.17, 15) is 0 Å². The summed E-state index contributed by atoms with van der Waals surface area (Å²) >= 11 is 0. The Labute approximate surface area is 81.7 Å². The summed E-state index contributed by atoms with van der Waals surface area (Å²) in [6.07, 6.45) is 6.66. The molecule has 0 aliphatic heterocycles. The molecule has 13 heavy (non-hydrogen) atoms. The Balaban J connectivity index is 2.17. The molecule has 0 spiro atoms. The van der Waals surface area contributed by atoms with Crippen molar-refractivity contribution >= 4 is 0 Å². The minimum atomic E-state index is 0.258. The van der Waals surface area contributed by atoms with Crippen LogP contribution in [0.15, 0.2) is 0 Å². The van der Waals surface area contributed by atoms with Crippen molar-refractivity contribution in [3.8, 4) is 0 Å². The average Bonchev–Trinajstić information content (AvgIpc) is 2.19. The Kier molecular flexibility index (Phi) is 4.74. The molecule has 2 nitrogen and oxygen atoms in total. The van der Waals surface area contributed by atoms with E-state index in [1.54, 1.807) is 0 Å². The second-order valence-corrected chi connectivity index (χ2v) is 4.38. The van der Waals surface area contributed by atoms with E-state index in [1.165, 1.54) is 32.1 Å². The van der Waals surface area contributed by atoms with Gasteiger partial charge in [0.05, 0.1) is 6.61 Å². The van der Waals surface area contributed by atoms with Crippen LogP contribution in [-0.2, 0) is 0 Å². The van der Waals surface area contributed by atoms with Crippen LogP contribution in [0.4, 0.5) is 0 Å². The van der Waals surface area contributed by atoms with Crippen molar-refractivity contribution in [2.24, 2.45) is 5.92 Å². The molecule has 2 heteroatoms. The molecule has 1 fully saturated rings. The monoisotopic (exact) mass is 185 g/mol. The van der Waals surface area contributed by atoms with Crippen molar-refractivity contribution in [1.82, 2.24) is 5.32 Å². The summed E-state index contributed by atoms with van der Waals surface area (Å²) in [6.45, 7) is 4.59. The van der Waals surface area contributed by atoms with Gasteiger partial charge in [-0.25, -0.2) is 0 Å². The Morgan fingerprint density at radius 1 is 1.31 bits per heavy atom. The summed E-state index contributed by atoms with van der Waals surface area (Å²) in [5.41, 5.74) is 0. The highest BCUT2D eigenvalue weighted by molar-refractivity contribution is 4.78. The second-order valence-electron chi connectivity index (χ2n) is 4.38. The normalized spacial score (nSPS) is 31.6. The van der Waals surface area contributed by atoms with E-state index in [0.29, 0.717) is 6.04 Å². The van der Waals surface area contributed by atoms with Gasteiger partial charge in [0.25, 0.3) is 0 Å². The molecular formula is C11H23NO. The summed E-state index contributed by atoms with van der Waals surface area (Å²) in [5, 5.41) is 12.4. The van der Waals surface area contributed by atoms with Gasteiger partial charge in [-0.3, -0.25) is 0 Å². The third-order valence-corrected chi connectivity index (χ3v) is 3.22. The van der Waals surface area contributed by atoms with Gasteiger partial charge in [-0.2, -0.15) is 0 Å². The molecule has 0 aromatic carbocycles.